The molecule has 0 bridgehead atoms. The minimum absolute atomic E-state index is 0.0696. The largest absolute Gasteiger partial charge is 0.321 e. The highest BCUT2D eigenvalue weighted by atomic mass is 79.9. The van der Waals surface area contributed by atoms with Crippen molar-refractivity contribution in [1.82, 2.24) is 4.57 Å². The van der Waals surface area contributed by atoms with Crippen molar-refractivity contribution in [2.24, 2.45) is 0 Å². The van der Waals surface area contributed by atoms with Crippen LogP contribution in [0.15, 0.2) is 58.6 Å². The third kappa shape index (κ3) is 4.67. The molecule has 0 saturated heterocycles. The third-order valence-electron chi connectivity index (χ3n) is 4.70. The molecule has 0 aliphatic carbocycles. The van der Waals surface area contributed by atoms with Gasteiger partial charge in [-0.15, -0.1) is 0 Å². The molecule has 0 unspecified atom stereocenters. The number of hydrogen-bond acceptors (Lipinski definition) is 2. The van der Waals surface area contributed by atoms with Crippen molar-refractivity contribution >= 4 is 33.6 Å². The van der Waals surface area contributed by atoms with Crippen molar-refractivity contribution in [3.63, 3.8) is 0 Å². The molecular formula is C24H22BrN3O. The van der Waals surface area contributed by atoms with Crippen molar-refractivity contribution in [3.05, 3.63) is 86.7 Å². The summed E-state index contributed by atoms with van der Waals surface area (Å²) in [6.07, 6.45) is 1.65. The quantitative estimate of drug-likeness (QED) is 0.392. The van der Waals surface area contributed by atoms with Crippen molar-refractivity contribution in [2.75, 3.05) is 5.32 Å². The number of nitriles is 1. The van der Waals surface area contributed by atoms with Crippen LogP contribution in [0.3, 0.4) is 0 Å². The minimum atomic E-state index is -0.411. The molecule has 4 nitrogen and oxygen atoms in total. The molecule has 1 N–H and O–H groups in total. The SMILES string of the molecule is Cc1cc(C)cc(NC(=O)/C(C#N)=C\c2cc(C)n(-c3ccc(Br)cc3)c2C)c1. The molecular weight excluding hydrogens is 426 g/mol. The number of aryl methyl sites for hydroxylation is 3. The normalized spacial score (nSPS) is 11.2. The van der Waals surface area contributed by atoms with Gasteiger partial charge in [-0.2, -0.15) is 5.26 Å². The standard InChI is InChI=1S/C24H22BrN3O/c1-15-9-16(2)11-22(10-15)27-24(29)20(14-26)13-19-12-17(3)28(18(19)4)23-7-5-21(25)6-8-23/h5-13H,1-4H3,(H,27,29)/b20-13-. The predicted octanol–water partition coefficient (Wildman–Crippen LogP) is 6.02. The highest BCUT2D eigenvalue weighted by Crippen LogP contribution is 2.24. The Balaban J connectivity index is 1.93. The number of rotatable bonds is 4. The molecule has 146 valence electrons. The van der Waals surface area contributed by atoms with Crippen LogP contribution in [-0.4, -0.2) is 10.5 Å². The summed E-state index contributed by atoms with van der Waals surface area (Å²) in [5, 5.41) is 12.4. The number of nitrogens with one attached hydrogen (secondary N) is 1. The first-order valence-corrected chi connectivity index (χ1v) is 10.0. The Morgan fingerprint density at radius 3 is 2.24 bits per heavy atom. The maximum absolute atomic E-state index is 12.7. The van der Waals surface area contributed by atoms with Gasteiger partial charge in [-0.3, -0.25) is 4.79 Å². The topological polar surface area (TPSA) is 57.8 Å². The van der Waals surface area contributed by atoms with Gasteiger partial charge in [0.2, 0.25) is 0 Å². The Morgan fingerprint density at radius 1 is 1.03 bits per heavy atom. The lowest BCUT2D eigenvalue weighted by molar-refractivity contribution is -0.112. The molecule has 0 radical (unpaired) electrons. The van der Waals surface area contributed by atoms with E-state index < -0.39 is 5.91 Å². The fourth-order valence-corrected chi connectivity index (χ4v) is 3.73. The van der Waals surface area contributed by atoms with Crippen LogP contribution >= 0.6 is 15.9 Å². The molecule has 0 fully saturated rings. The summed E-state index contributed by atoms with van der Waals surface area (Å²) < 4.78 is 3.12. The van der Waals surface area contributed by atoms with E-state index in [9.17, 15) is 10.1 Å². The second-order valence-corrected chi connectivity index (χ2v) is 8.05. The van der Waals surface area contributed by atoms with Gasteiger partial charge in [-0.25, -0.2) is 0 Å². The molecule has 5 heteroatoms. The lowest BCUT2D eigenvalue weighted by Gasteiger charge is -2.10. The van der Waals surface area contributed by atoms with Crippen LogP contribution < -0.4 is 5.32 Å². The summed E-state index contributed by atoms with van der Waals surface area (Å²) in [5.74, 6) is -0.411. The lowest BCUT2D eigenvalue weighted by atomic mass is 10.1. The number of amides is 1. The number of nitrogens with zero attached hydrogens (tertiary/aromatic N) is 2. The Labute approximate surface area is 179 Å². The van der Waals surface area contributed by atoms with Crippen LogP contribution in [0.5, 0.6) is 0 Å². The van der Waals surface area contributed by atoms with E-state index in [1.54, 1.807) is 6.08 Å². The number of benzene rings is 2. The van der Waals surface area contributed by atoms with E-state index in [2.05, 4.69) is 25.8 Å². The number of halogens is 1. The fourth-order valence-electron chi connectivity index (χ4n) is 3.47. The Kier molecular flexibility index (Phi) is 6.05. The van der Waals surface area contributed by atoms with Gasteiger partial charge < -0.3 is 9.88 Å². The van der Waals surface area contributed by atoms with E-state index in [1.165, 1.54) is 0 Å². The van der Waals surface area contributed by atoms with E-state index in [1.807, 2.05) is 82.3 Å². The molecule has 0 aliphatic rings. The van der Waals surface area contributed by atoms with E-state index >= 15 is 0 Å². The van der Waals surface area contributed by atoms with Gasteiger partial charge in [-0.1, -0.05) is 22.0 Å². The Bertz CT molecular complexity index is 1130. The van der Waals surface area contributed by atoms with Crippen molar-refractivity contribution in [1.29, 1.82) is 5.26 Å². The van der Waals surface area contributed by atoms with Gasteiger partial charge in [0.15, 0.2) is 0 Å². The molecule has 0 aliphatic heterocycles. The smallest absolute Gasteiger partial charge is 0.266 e. The van der Waals surface area contributed by atoms with E-state index in [4.69, 9.17) is 0 Å². The van der Waals surface area contributed by atoms with Crippen molar-refractivity contribution in [2.45, 2.75) is 27.7 Å². The van der Waals surface area contributed by atoms with Crippen LogP contribution in [0.25, 0.3) is 11.8 Å². The van der Waals surface area contributed by atoms with Crippen LogP contribution in [0, 0.1) is 39.0 Å². The Morgan fingerprint density at radius 2 is 1.66 bits per heavy atom. The number of carbonyl (C=O) groups excluding carboxylic acids is 1. The second-order valence-electron chi connectivity index (χ2n) is 7.14. The summed E-state index contributed by atoms with van der Waals surface area (Å²) >= 11 is 3.45. The monoisotopic (exact) mass is 447 g/mol. The van der Waals surface area contributed by atoms with Gasteiger partial charge in [0.05, 0.1) is 0 Å². The van der Waals surface area contributed by atoms with Crippen molar-refractivity contribution < 1.29 is 4.79 Å². The van der Waals surface area contributed by atoms with Gasteiger partial charge in [-0.05, 0) is 92.9 Å². The summed E-state index contributed by atoms with van der Waals surface area (Å²) in [7, 11) is 0. The number of hydrogen-bond donors (Lipinski definition) is 1. The van der Waals surface area contributed by atoms with Crippen molar-refractivity contribution in [3.8, 4) is 11.8 Å². The lowest BCUT2D eigenvalue weighted by Crippen LogP contribution is -2.13. The predicted molar refractivity (Wildman–Crippen MR) is 121 cm³/mol. The average molecular weight is 448 g/mol. The maximum atomic E-state index is 12.7. The zero-order valence-corrected chi connectivity index (χ0v) is 18.5. The molecule has 29 heavy (non-hydrogen) atoms. The van der Waals surface area contributed by atoms with Gasteiger partial charge >= 0.3 is 0 Å². The highest BCUT2D eigenvalue weighted by Gasteiger charge is 2.14. The molecule has 1 heterocycles. The third-order valence-corrected chi connectivity index (χ3v) is 5.23. The zero-order valence-electron chi connectivity index (χ0n) is 16.9. The summed E-state index contributed by atoms with van der Waals surface area (Å²) in [4.78, 5) is 12.7. The molecule has 0 spiro atoms. The molecule has 3 rings (SSSR count). The summed E-state index contributed by atoms with van der Waals surface area (Å²) in [6.45, 7) is 7.94. The fraction of sp³-hybridized carbons (Fsp3) is 0.167. The van der Waals surface area contributed by atoms with Gasteiger partial charge in [0, 0.05) is 27.2 Å². The van der Waals surface area contributed by atoms with E-state index in [-0.39, 0.29) is 5.57 Å². The first-order chi connectivity index (χ1) is 13.8. The van der Waals surface area contributed by atoms with Gasteiger partial charge in [0.25, 0.3) is 5.91 Å². The Hall–Kier alpha value is -3.10. The second kappa shape index (κ2) is 8.50. The number of carbonyl (C=O) groups is 1. The molecule has 0 atom stereocenters. The number of anilines is 1. The average Bonchev–Trinajstić information content (AvgIpc) is 2.93. The summed E-state index contributed by atoms with van der Waals surface area (Å²) in [5.41, 5.74) is 6.74. The molecule has 1 aromatic heterocycles. The molecule has 0 saturated carbocycles. The minimum Gasteiger partial charge on any atom is -0.321 e. The van der Waals surface area contributed by atoms with Crippen LogP contribution in [0.4, 0.5) is 5.69 Å². The van der Waals surface area contributed by atoms with Gasteiger partial charge in [0.1, 0.15) is 11.6 Å². The number of aromatic nitrogens is 1. The van der Waals surface area contributed by atoms with Crippen LogP contribution in [0.2, 0.25) is 0 Å². The first kappa shape index (κ1) is 20.6. The van der Waals surface area contributed by atoms with E-state index in [0.717, 1.165) is 38.2 Å². The summed E-state index contributed by atoms with van der Waals surface area (Å²) in [6, 6.07) is 17.9. The zero-order chi connectivity index (χ0) is 21.1. The van der Waals surface area contributed by atoms with Crippen LogP contribution in [0.1, 0.15) is 28.1 Å². The molecule has 1 amide bonds. The maximum Gasteiger partial charge on any atom is 0.266 e. The van der Waals surface area contributed by atoms with E-state index in [0.29, 0.717) is 5.69 Å². The molecule has 3 aromatic rings. The molecule has 2 aromatic carbocycles. The van der Waals surface area contributed by atoms with Crippen LogP contribution in [-0.2, 0) is 4.79 Å². The highest BCUT2D eigenvalue weighted by molar-refractivity contribution is 9.10. The first-order valence-electron chi connectivity index (χ1n) is 9.25.